The zero-order chi connectivity index (χ0) is 13.2. The van der Waals surface area contributed by atoms with E-state index < -0.39 is 4.92 Å². The molecule has 0 saturated carbocycles. The summed E-state index contributed by atoms with van der Waals surface area (Å²) in [7, 11) is 0. The van der Waals surface area contributed by atoms with Crippen molar-refractivity contribution < 1.29 is 4.92 Å². The largest absolute Gasteiger partial charge is 0.269 e. The molecule has 1 aromatic heterocycles. The minimum absolute atomic E-state index is 0.0855. The van der Waals surface area contributed by atoms with Crippen LogP contribution in [0.1, 0.15) is 5.56 Å². The fraction of sp³-hybridized carbons (Fsp3) is 0.0769. The van der Waals surface area contributed by atoms with Crippen LogP contribution in [0.4, 0.5) is 5.69 Å². The Balaban J connectivity index is 1.86. The number of nitrogens with zero attached hydrogens (tertiary/aromatic N) is 4. The number of nitro benzene ring substituents is 1. The van der Waals surface area contributed by atoms with Gasteiger partial charge in [0.05, 0.1) is 11.5 Å². The molecular weight excluding hydrogens is 244 g/mol. The number of nitro groups is 1. The molecule has 0 spiro atoms. The first-order valence-corrected chi connectivity index (χ1v) is 5.75. The van der Waals surface area contributed by atoms with E-state index in [0.717, 1.165) is 16.6 Å². The number of hydrogen-bond acceptors (Lipinski definition) is 4. The monoisotopic (exact) mass is 254 g/mol. The molecule has 94 valence electrons. The van der Waals surface area contributed by atoms with Crippen LogP contribution in [0.15, 0.2) is 48.5 Å². The summed E-state index contributed by atoms with van der Waals surface area (Å²) in [5, 5.41) is 19.2. The molecule has 6 heteroatoms. The molecule has 0 aliphatic rings. The van der Waals surface area contributed by atoms with E-state index in [0.29, 0.717) is 6.54 Å². The number of hydrogen-bond donors (Lipinski definition) is 0. The highest BCUT2D eigenvalue weighted by Gasteiger charge is 2.06. The molecule has 6 nitrogen and oxygen atoms in total. The minimum atomic E-state index is -0.412. The van der Waals surface area contributed by atoms with Crippen molar-refractivity contribution >= 4 is 16.7 Å². The van der Waals surface area contributed by atoms with Gasteiger partial charge in [-0.3, -0.25) is 10.1 Å². The first kappa shape index (κ1) is 11.3. The van der Waals surface area contributed by atoms with Crippen LogP contribution in [0.5, 0.6) is 0 Å². The molecule has 3 aromatic rings. The molecule has 1 heterocycles. The lowest BCUT2D eigenvalue weighted by Gasteiger charge is -1.99. The summed E-state index contributed by atoms with van der Waals surface area (Å²) < 4.78 is 0. The van der Waals surface area contributed by atoms with E-state index in [9.17, 15) is 10.1 Å². The predicted molar refractivity (Wildman–Crippen MR) is 69.7 cm³/mol. The molecule has 0 N–H and O–H groups in total. The van der Waals surface area contributed by atoms with E-state index in [-0.39, 0.29) is 5.69 Å². The first-order chi connectivity index (χ1) is 9.22. The Bertz CT molecular complexity index is 701. The maximum absolute atomic E-state index is 10.6. The second-order valence-corrected chi connectivity index (χ2v) is 4.14. The van der Waals surface area contributed by atoms with E-state index in [2.05, 4.69) is 10.2 Å². The summed E-state index contributed by atoms with van der Waals surface area (Å²) in [5.41, 5.74) is 2.68. The zero-order valence-electron chi connectivity index (χ0n) is 9.93. The van der Waals surface area contributed by atoms with Crippen LogP contribution in [-0.2, 0) is 6.54 Å². The molecule has 0 fully saturated rings. The molecule has 19 heavy (non-hydrogen) atoms. The third-order valence-corrected chi connectivity index (χ3v) is 2.80. The normalized spacial score (nSPS) is 10.7. The molecule has 0 bridgehead atoms. The Morgan fingerprint density at radius 1 is 1.00 bits per heavy atom. The summed E-state index contributed by atoms with van der Waals surface area (Å²) >= 11 is 0. The average Bonchev–Trinajstić information content (AvgIpc) is 2.81. The van der Waals surface area contributed by atoms with Gasteiger partial charge in [0, 0.05) is 12.1 Å². The van der Waals surface area contributed by atoms with Crippen LogP contribution >= 0.6 is 0 Å². The maximum atomic E-state index is 10.6. The summed E-state index contributed by atoms with van der Waals surface area (Å²) in [4.78, 5) is 11.7. The van der Waals surface area contributed by atoms with Gasteiger partial charge in [0.15, 0.2) is 0 Å². The topological polar surface area (TPSA) is 73.8 Å². The van der Waals surface area contributed by atoms with Crippen LogP contribution in [0.2, 0.25) is 0 Å². The highest BCUT2D eigenvalue weighted by molar-refractivity contribution is 5.72. The molecule has 0 radical (unpaired) electrons. The quantitative estimate of drug-likeness (QED) is 0.531. The molecule has 0 unspecified atom stereocenters. The SMILES string of the molecule is O=[N+]([O-])c1ccc(Cn2nc3ccccc3n2)cc1. The van der Waals surface area contributed by atoms with Crippen molar-refractivity contribution in [3.05, 3.63) is 64.2 Å². The van der Waals surface area contributed by atoms with Crippen LogP contribution in [-0.4, -0.2) is 19.9 Å². The minimum Gasteiger partial charge on any atom is -0.258 e. The summed E-state index contributed by atoms with van der Waals surface area (Å²) in [5.74, 6) is 0. The number of aromatic nitrogens is 3. The number of benzene rings is 2. The molecule has 2 aromatic carbocycles. The predicted octanol–water partition coefficient (Wildman–Crippen LogP) is 2.39. The Labute approximate surface area is 108 Å². The van der Waals surface area contributed by atoms with Crippen molar-refractivity contribution in [2.75, 3.05) is 0 Å². The lowest BCUT2D eigenvalue weighted by atomic mass is 10.2. The van der Waals surface area contributed by atoms with Crippen molar-refractivity contribution in [3.63, 3.8) is 0 Å². The van der Waals surface area contributed by atoms with E-state index in [1.165, 1.54) is 12.1 Å². The van der Waals surface area contributed by atoms with Gasteiger partial charge in [-0.1, -0.05) is 24.3 Å². The highest BCUT2D eigenvalue weighted by atomic mass is 16.6. The zero-order valence-corrected chi connectivity index (χ0v) is 9.93. The van der Waals surface area contributed by atoms with E-state index in [4.69, 9.17) is 0 Å². The van der Waals surface area contributed by atoms with E-state index in [1.54, 1.807) is 16.9 Å². The van der Waals surface area contributed by atoms with Crippen molar-refractivity contribution in [3.8, 4) is 0 Å². The number of rotatable bonds is 3. The van der Waals surface area contributed by atoms with Gasteiger partial charge in [0.25, 0.3) is 5.69 Å². The van der Waals surface area contributed by atoms with Crippen LogP contribution in [0.25, 0.3) is 11.0 Å². The van der Waals surface area contributed by atoms with Crippen LogP contribution in [0, 0.1) is 10.1 Å². The van der Waals surface area contributed by atoms with Gasteiger partial charge in [-0.15, -0.1) is 0 Å². The molecule has 0 saturated heterocycles. The maximum Gasteiger partial charge on any atom is 0.269 e. The van der Waals surface area contributed by atoms with Gasteiger partial charge in [-0.2, -0.15) is 15.0 Å². The summed E-state index contributed by atoms with van der Waals surface area (Å²) in [6, 6.07) is 14.0. The van der Waals surface area contributed by atoms with Crippen molar-refractivity contribution in [2.24, 2.45) is 0 Å². The van der Waals surface area contributed by atoms with Gasteiger partial charge < -0.3 is 0 Å². The molecule has 0 aliphatic heterocycles. The van der Waals surface area contributed by atoms with Crippen molar-refractivity contribution in [1.29, 1.82) is 0 Å². The second-order valence-electron chi connectivity index (χ2n) is 4.14. The van der Waals surface area contributed by atoms with Gasteiger partial charge >= 0.3 is 0 Å². The summed E-state index contributed by atoms with van der Waals surface area (Å²) in [6.07, 6.45) is 0. The molecule has 0 amide bonds. The number of non-ortho nitro benzene ring substituents is 1. The Kier molecular flexibility index (Phi) is 2.68. The third kappa shape index (κ3) is 2.28. The average molecular weight is 254 g/mol. The molecule has 3 rings (SSSR count). The third-order valence-electron chi connectivity index (χ3n) is 2.80. The van der Waals surface area contributed by atoms with Gasteiger partial charge in [0.1, 0.15) is 11.0 Å². The fourth-order valence-corrected chi connectivity index (χ4v) is 1.86. The first-order valence-electron chi connectivity index (χ1n) is 5.75. The van der Waals surface area contributed by atoms with Crippen LogP contribution in [0.3, 0.4) is 0 Å². The lowest BCUT2D eigenvalue weighted by molar-refractivity contribution is -0.384. The Morgan fingerprint density at radius 2 is 1.58 bits per heavy atom. The standard InChI is InChI=1S/C13H10N4O2/c18-17(19)11-7-5-10(6-8-11)9-16-14-12-3-1-2-4-13(12)15-16/h1-8H,9H2. The van der Waals surface area contributed by atoms with Crippen LogP contribution < -0.4 is 0 Å². The second kappa shape index (κ2) is 4.49. The van der Waals surface area contributed by atoms with E-state index in [1.807, 2.05) is 24.3 Å². The van der Waals surface area contributed by atoms with Gasteiger partial charge in [-0.05, 0) is 17.7 Å². The fourth-order valence-electron chi connectivity index (χ4n) is 1.86. The smallest absolute Gasteiger partial charge is 0.258 e. The van der Waals surface area contributed by atoms with Gasteiger partial charge in [0.2, 0.25) is 0 Å². The van der Waals surface area contributed by atoms with Gasteiger partial charge in [-0.25, -0.2) is 0 Å². The van der Waals surface area contributed by atoms with E-state index >= 15 is 0 Å². The Morgan fingerprint density at radius 3 is 2.11 bits per heavy atom. The molecule has 0 aliphatic carbocycles. The molecular formula is C13H10N4O2. The molecule has 0 atom stereocenters. The van der Waals surface area contributed by atoms with Crippen molar-refractivity contribution in [2.45, 2.75) is 6.54 Å². The summed E-state index contributed by atoms with van der Waals surface area (Å²) in [6.45, 7) is 0.493. The lowest BCUT2D eigenvalue weighted by Crippen LogP contribution is -2.03. The number of fused-ring (bicyclic) bond motifs is 1. The highest BCUT2D eigenvalue weighted by Crippen LogP contribution is 2.13. The Hall–Kier alpha value is -2.76. The van der Waals surface area contributed by atoms with Crippen molar-refractivity contribution in [1.82, 2.24) is 15.0 Å².